The summed E-state index contributed by atoms with van der Waals surface area (Å²) in [5.74, 6) is 0.737. The fourth-order valence-corrected chi connectivity index (χ4v) is 2.12. The lowest BCUT2D eigenvalue weighted by molar-refractivity contribution is 0.508. The topological polar surface area (TPSA) is 12.0 Å². The lowest BCUT2D eigenvalue weighted by Gasteiger charge is -2.14. The SMILES string of the molecule is Cc1ccc(C)c(CC(C)CNC2CC2)c1. The average Bonchev–Trinajstić information content (AvgIpc) is 3.04. The molecule has 0 amide bonds. The number of benzene rings is 1. The third-order valence-electron chi connectivity index (χ3n) is 3.41. The van der Waals surface area contributed by atoms with Gasteiger partial charge >= 0.3 is 0 Å². The fourth-order valence-electron chi connectivity index (χ4n) is 2.12. The van der Waals surface area contributed by atoms with Gasteiger partial charge in [0.15, 0.2) is 0 Å². The van der Waals surface area contributed by atoms with Gasteiger partial charge in [0.25, 0.3) is 0 Å². The Morgan fingerprint density at radius 1 is 1.31 bits per heavy atom. The van der Waals surface area contributed by atoms with Crippen LogP contribution < -0.4 is 5.32 Å². The first kappa shape index (κ1) is 11.7. The normalized spacial score (nSPS) is 17.4. The van der Waals surface area contributed by atoms with E-state index in [-0.39, 0.29) is 0 Å². The Balaban J connectivity index is 1.88. The van der Waals surface area contributed by atoms with Crippen LogP contribution >= 0.6 is 0 Å². The predicted molar refractivity (Wildman–Crippen MR) is 69.8 cm³/mol. The lowest BCUT2D eigenvalue weighted by Crippen LogP contribution is -2.24. The van der Waals surface area contributed by atoms with E-state index in [4.69, 9.17) is 0 Å². The molecule has 0 radical (unpaired) electrons. The maximum atomic E-state index is 3.61. The van der Waals surface area contributed by atoms with Crippen LogP contribution in [0.4, 0.5) is 0 Å². The molecule has 1 aromatic rings. The molecular weight excluding hydrogens is 194 g/mol. The van der Waals surface area contributed by atoms with Crippen LogP contribution in [0.2, 0.25) is 0 Å². The molecule has 1 N–H and O–H groups in total. The molecule has 1 aliphatic rings. The van der Waals surface area contributed by atoms with E-state index in [0.717, 1.165) is 18.5 Å². The van der Waals surface area contributed by atoms with E-state index in [9.17, 15) is 0 Å². The van der Waals surface area contributed by atoms with E-state index >= 15 is 0 Å². The molecule has 1 aromatic carbocycles. The first-order chi connectivity index (χ1) is 7.65. The molecule has 1 nitrogen and oxygen atoms in total. The highest BCUT2D eigenvalue weighted by Crippen LogP contribution is 2.20. The standard InChI is InChI=1S/C15H23N/c1-11-4-5-13(3)14(8-11)9-12(2)10-16-15-6-7-15/h4-5,8,12,15-16H,6-7,9-10H2,1-3H3. The molecule has 0 bridgehead atoms. The largest absolute Gasteiger partial charge is 0.314 e. The Bertz CT molecular complexity index is 352. The van der Waals surface area contributed by atoms with E-state index in [0.29, 0.717) is 0 Å². The van der Waals surface area contributed by atoms with Gasteiger partial charge in [-0.3, -0.25) is 0 Å². The van der Waals surface area contributed by atoms with Crippen molar-refractivity contribution >= 4 is 0 Å². The predicted octanol–water partition coefficient (Wildman–Crippen LogP) is 3.23. The number of nitrogens with one attached hydrogen (secondary N) is 1. The Morgan fingerprint density at radius 2 is 2.06 bits per heavy atom. The van der Waals surface area contributed by atoms with Gasteiger partial charge in [0, 0.05) is 6.04 Å². The van der Waals surface area contributed by atoms with Crippen molar-refractivity contribution in [2.75, 3.05) is 6.54 Å². The molecular formula is C15H23N. The summed E-state index contributed by atoms with van der Waals surface area (Å²) >= 11 is 0. The van der Waals surface area contributed by atoms with Crippen molar-refractivity contribution in [1.82, 2.24) is 5.32 Å². The van der Waals surface area contributed by atoms with Crippen LogP contribution in [0.3, 0.4) is 0 Å². The molecule has 0 spiro atoms. The van der Waals surface area contributed by atoms with Crippen molar-refractivity contribution in [3.05, 3.63) is 34.9 Å². The van der Waals surface area contributed by atoms with Crippen LogP contribution in [0, 0.1) is 19.8 Å². The highest BCUT2D eigenvalue weighted by molar-refractivity contribution is 5.30. The Hall–Kier alpha value is -0.820. The number of hydrogen-bond donors (Lipinski definition) is 1. The maximum Gasteiger partial charge on any atom is 0.00683 e. The maximum absolute atomic E-state index is 3.61. The van der Waals surface area contributed by atoms with Crippen molar-refractivity contribution in [3.8, 4) is 0 Å². The summed E-state index contributed by atoms with van der Waals surface area (Å²) in [5, 5.41) is 3.61. The summed E-state index contributed by atoms with van der Waals surface area (Å²) in [7, 11) is 0. The summed E-state index contributed by atoms with van der Waals surface area (Å²) in [5.41, 5.74) is 4.33. The molecule has 1 saturated carbocycles. The zero-order valence-corrected chi connectivity index (χ0v) is 10.7. The first-order valence-electron chi connectivity index (χ1n) is 6.44. The van der Waals surface area contributed by atoms with Crippen molar-refractivity contribution in [3.63, 3.8) is 0 Å². The third kappa shape index (κ3) is 3.34. The first-order valence-corrected chi connectivity index (χ1v) is 6.44. The quantitative estimate of drug-likeness (QED) is 0.798. The Morgan fingerprint density at radius 3 is 2.75 bits per heavy atom. The second kappa shape index (κ2) is 5.01. The summed E-state index contributed by atoms with van der Waals surface area (Å²) in [6.07, 6.45) is 3.97. The molecule has 0 aromatic heterocycles. The smallest absolute Gasteiger partial charge is 0.00683 e. The summed E-state index contributed by atoms with van der Waals surface area (Å²) in [6.45, 7) is 7.90. The third-order valence-corrected chi connectivity index (χ3v) is 3.41. The molecule has 1 atom stereocenters. The lowest BCUT2D eigenvalue weighted by atomic mass is 9.96. The van der Waals surface area contributed by atoms with Crippen LogP contribution in [-0.2, 0) is 6.42 Å². The van der Waals surface area contributed by atoms with Gasteiger partial charge in [-0.15, -0.1) is 0 Å². The molecule has 0 aliphatic heterocycles. The van der Waals surface area contributed by atoms with Crippen LogP contribution in [0.1, 0.15) is 36.5 Å². The monoisotopic (exact) mass is 217 g/mol. The van der Waals surface area contributed by atoms with E-state index in [1.165, 1.54) is 36.0 Å². The second-order valence-electron chi connectivity index (χ2n) is 5.42. The summed E-state index contributed by atoms with van der Waals surface area (Å²) in [4.78, 5) is 0. The van der Waals surface area contributed by atoms with Gasteiger partial charge in [-0.25, -0.2) is 0 Å². The van der Waals surface area contributed by atoms with E-state index in [1.807, 2.05) is 0 Å². The molecule has 1 aliphatic carbocycles. The molecule has 1 unspecified atom stereocenters. The Kier molecular flexibility index (Phi) is 3.65. The molecule has 2 rings (SSSR count). The van der Waals surface area contributed by atoms with Gasteiger partial charge in [0.2, 0.25) is 0 Å². The highest BCUT2D eigenvalue weighted by Gasteiger charge is 2.20. The van der Waals surface area contributed by atoms with Crippen LogP contribution in [-0.4, -0.2) is 12.6 Å². The van der Waals surface area contributed by atoms with E-state index < -0.39 is 0 Å². The van der Waals surface area contributed by atoms with Gasteiger partial charge in [0.1, 0.15) is 0 Å². The molecule has 0 saturated heterocycles. The molecule has 88 valence electrons. The van der Waals surface area contributed by atoms with Gasteiger partial charge in [-0.05, 0) is 56.7 Å². The Labute approximate surface area is 99.3 Å². The van der Waals surface area contributed by atoms with Gasteiger partial charge in [-0.2, -0.15) is 0 Å². The van der Waals surface area contributed by atoms with Gasteiger partial charge in [-0.1, -0.05) is 30.7 Å². The number of rotatable bonds is 5. The van der Waals surface area contributed by atoms with Gasteiger partial charge in [0.05, 0.1) is 0 Å². The number of aryl methyl sites for hydroxylation is 2. The molecule has 0 heterocycles. The number of hydrogen-bond acceptors (Lipinski definition) is 1. The zero-order valence-electron chi connectivity index (χ0n) is 10.7. The minimum atomic E-state index is 0.737. The van der Waals surface area contributed by atoms with Crippen LogP contribution in [0.5, 0.6) is 0 Å². The minimum absolute atomic E-state index is 0.737. The fraction of sp³-hybridized carbons (Fsp3) is 0.600. The molecule has 16 heavy (non-hydrogen) atoms. The second-order valence-corrected chi connectivity index (χ2v) is 5.42. The summed E-state index contributed by atoms with van der Waals surface area (Å²) < 4.78 is 0. The van der Waals surface area contributed by atoms with Crippen LogP contribution in [0.15, 0.2) is 18.2 Å². The van der Waals surface area contributed by atoms with Crippen molar-refractivity contribution < 1.29 is 0 Å². The van der Waals surface area contributed by atoms with Crippen molar-refractivity contribution in [2.24, 2.45) is 5.92 Å². The summed E-state index contributed by atoms with van der Waals surface area (Å²) in [6, 6.07) is 7.61. The van der Waals surface area contributed by atoms with Crippen molar-refractivity contribution in [1.29, 1.82) is 0 Å². The average molecular weight is 217 g/mol. The van der Waals surface area contributed by atoms with E-state index in [1.54, 1.807) is 0 Å². The van der Waals surface area contributed by atoms with Gasteiger partial charge < -0.3 is 5.32 Å². The highest BCUT2D eigenvalue weighted by atomic mass is 14.9. The molecule has 1 heteroatoms. The van der Waals surface area contributed by atoms with Crippen LogP contribution in [0.25, 0.3) is 0 Å². The minimum Gasteiger partial charge on any atom is -0.314 e. The van der Waals surface area contributed by atoms with Crippen molar-refractivity contribution in [2.45, 2.75) is 46.1 Å². The zero-order chi connectivity index (χ0) is 11.5. The molecule has 1 fully saturated rings. The van der Waals surface area contributed by atoms with E-state index in [2.05, 4.69) is 44.3 Å².